The molecule has 2 aromatic rings. The molecule has 1 aromatic carbocycles. The predicted octanol–water partition coefficient (Wildman–Crippen LogP) is 3.49. The second-order valence-electron chi connectivity index (χ2n) is 5.84. The topological polar surface area (TPSA) is 45.5 Å². The number of hydrogen-bond donors (Lipinski definition) is 1. The number of nitrogens with zero attached hydrogens (tertiary/aromatic N) is 1. The van der Waals surface area contributed by atoms with Gasteiger partial charge in [-0.25, -0.2) is 4.39 Å². The van der Waals surface area contributed by atoms with Crippen LogP contribution in [0.4, 0.5) is 4.39 Å². The molecule has 3 rings (SSSR count). The molecule has 6 heteroatoms. The van der Waals surface area contributed by atoms with Crippen molar-refractivity contribution in [1.82, 2.24) is 10.2 Å². The van der Waals surface area contributed by atoms with Gasteiger partial charge in [0.15, 0.2) is 5.76 Å². The lowest BCUT2D eigenvalue weighted by molar-refractivity contribution is 0.0916. The number of hydrogen-bond acceptors (Lipinski definition) is 3. The van der Waals surface area contributed by atoms with Gasteiger partial charge in [-0.15, -0.1) is 0 Å². The number of carbonyl (C=O) groups excluding carboxylic acids is 1. The number of carbonyl (C=O) groups is 1. The predicted molar refractivity (Wildman–Crippen MR) is 85.9 cm³/mol. The summed E-state index contributed by atoms with van der Waals surface area (Å²) < 4.78 is 18.8. The van der Waals surface area contributed by atoms with Crippen LogP contribution >= 0.6 is 11.6 Å². The van der Waals surface area contributed by atoms with E-state index in [0.717, 1.165) is 18.5 Å². The third-order valence-electron chi connectivity index (χ3n) is 4.33. The largest absolute Gasteiger partial charge is 0.459 e. The Balaban J connectivity index is 1.71. The molecule has 122 valence electrons. The molecule has 4 nitrogen and oxygen atoms in total. The second-order valence-corrected chi connectivity index (χ2v) is 6.24. The van der Waals surface area contributed by atoms with Gasteiger partial charge in [-0.1, -0.05) is 17.7 Å². The van der Waals surface area contributed by atoms with E-state index in [9.17, 15) is 9.18 Å². The van der Waals surface area contributed by atoms with Gasteiger partial charge < -0.3 is 9.73 Å². The molecular weight excluding hydrogens is 319 g/mol. The van der Waals surface area contributed by atoms with Gasteiger partial charge in [0.05, 0.1) is 11.3 Å². The van der Waals surface area contributed by atoms with Crippen LogP contribution in [0, 0.1) is 11.7 Å². The molecule has 0 spiro atoms. The lowest BCUT2D eigenvalue weighted by Crippen LogP contribution is -2.32. The molecule has 23 heavy (non-hydrogen) atoms. The molecule has 1 aliphatic heterocycles. The summed E-state index contributed by atoms with van der Waals surface area (Å²) in [6.07, 6.45) is 2.40. The molecule has 1 amide bonds. The first-order chi connectivity index (χ1) is 11.1. The van der Waals surface area contributed by atoms with Gasteiger partial charge in [0.25, 0.3) is 5.91 Å². The maximum atomic E-state index is 13.8. The van der Waals surface area contributed by atoms with Crippen molar-refractivity contribution in [3.05, 3.63) is 58.8 Å². The summed E-state index contributed by atoms with van der Waals surface area (Å²) in [7, 11) is 2.01. The van der Waals surface area contributed by atoms with Crippen LogP contribution in [-0.2, 0) is 0 Å². The number of furan rings is 1. The van der Waals surface area contributed by atoms with Crippen molar-refractivity contribution in [3.8, 4) is 0 Å². The molecule has 1 N–H and O–H groups in total. The summed E-state index contributed by atoms with van der Waals surface area (Å²) >= 11 is 5.76. The van der Waals surface area contributed by atoms with Gasteiger partial charge >= 0.3 is 0 Å². The zero-order chi connectivity index (χ0) is 16.4. The zero-order valence-corrected chi connectivity index (χ0v) is 13.5. The first-order valence-electron chi connectivity index (χ1n) is 7.53. The molecule has 0 aliphatic carbocycles. The Morgan fingerprint density at radius 1 is 1.48 bits per heavy atom. The van der Waals surface area contributed by atoms with Crippen LogP contribution in [-0.4, -0.2) is 30.9 Å². The molecule has 0 radical (unpaired) electrons. The third kappa shape index (κ3) is 3.41. The van der Waals surface area contributed by atoms with Crippen LogP contribution in [0.1, 0.15) is 28.6 Å². The van der Waals surface area contributed by atoms with E-state index in [1.165, 1.54) is 12.3 Å². The van der Waals surface area contributed by atoms with Crippen LogP contribution in [0.3, 0.4) is 0 Å². The fraction of sp³-hybridized carbons (Fsp3) is 0.353. The third-order valence-corrected chi connectivity index (χ3v) is 4.64. The minimum Gasteiger partial charge on any atom is -0.459 e. The van der Waals surface area contributed by atoms with Gasteiger partial charge in [-0.3, -0.25) is 9.69 Å². The van der Waals surface area contributed by atoms with E-state index in [2.05, 4.69) is 10.2 Å². The Hall–Kier alpha value is -1.85. The standard InChI is InChI=1S/C17H18ClFN2O2/c1-21-7-6-12(10-20-17(22)15-3-2-8-23-15)16(21)11-4-5-13(18)14(19)9-11/h2-5,8-9,12,16H,6-7,10H2,1H3,(H,20,22)/t12-,16-/m1/s1. The van der Waals surface area contributed by atoms with Crippen LogP contribution in [0.2, 0.25) is 5.02 Å². The van der Waals surface area contributed by atoms with Crippen molar-refractivity contribution in [2.75, 3.05) is 20.1 Å². The van der Waals surface area contributed by atoms with E-state index in [-0.39, 0.29) is 22.9 Å². The first kappa shape index (κ1) is 16.0. The monoisotopic (exact) mass is 336 g/mol. The quantitative estimate of drug-likeness (QED) is 0.929. The highest BCUT2D eigenvalue weighted by Gasteiger charge is 2.33. The van der Waals surface area contributed by atoms with E-state index in [4.69, 9.17) is 16.0 Å². The Morgan fingerprint density at radius 2 is 2.30 bits per heavy atom. The minimum atomic E-state index is -0.414. The SMILES string of the molecule is CN1CC[C@H](CNC(=O)c2ccco2)[C@H]1c1ccc(Cl)c(F)c1. The zero-order valence-electron chi connectivity index (χ0n) is 12.8. The minimum absolute atomic E-state index is 0.0543. The second kappa shape index (κ2) is 6.72. The van der Waals surface area contributed by atoms with Gasteiger partial charge in [0.2, 0.25) is 0 Å². The lowest BCUT2D eigenvalue weighted by atomic mass is 9.93. The van der Waals surface area contributed by atoms with E-state index < -0.39 is 5.82 Å². The molecule has 1 aliphatic rings. The highest BCUT2D eigenvalue weighted by atomic mass is 35.5. The molecule has 0 unspecified atom stereocenters. The number of nitrogens with one attached hydrogen (secondary N) is 1. The molecular formula is C17H18ClFN2O2. The van der Waals surface area contributed by atoms with Crippen LogP contribution in [0.15, 0.2) is 41.0 Å². The first-order valence-corrected chi connectivity index (χ1v) is 7.91. The highest BCUT2D eigenvalue weighted by Crippen LogP contribution is 2.36. The Labute approximate surface area is 139 Å². The van der Waals surface area contributed by atoms with E-state index in [1.54, 1.807) is 18.2 Å². The van der Waals surface area contributed by atoms with Gasteiger partial charge in [-0.05, 0) is 55.8 Å². The van der Waals surface area contributed by atoms with Crippen molar-refractivity contribution < 1.29 is 13.6 Å². The maximum Gasteiger partial charge on any atom is 0.286 e. The van der Waals surface area contributed by atoms with Gasteiger partial charge in [-0.2, -0.15) is 0 Å². The summed E-state index contributed by atoms with van der Waals surface area (Å²) in [6.45, 7) is 1.41. The molecule has 1 aromatic heterocycles. The molecule has 2 heterocycles. The Kier molecular flexibility index (Phi) is 4.68. The van der Waals surface area contributed by atoms with Crippen LogP contribution < -0.4 is 5.32 Å². The van der Waals surface area contributed by atoms with Crippen molar-refractivity contribution in [2.24, 2.45) is 5.92 Å². The van der Waals surface area contributed by atoms with Crippen LogP contribution in [0.5, 0.6) is 0 Å². The highest BCUT2D eigenvalue weighted by molar-refractivity contribution is 6.30. The number of amides is 1. The van der Waals surface area contributed by atoms with Crippen molar-refractivity contribution in [3.63, 3.8) is 0 Å². The van der Waals surface area contributed by atoms with Crippen LogP contribution in [0.25, 0.3) is 0 Å². The van der Waals surface area contributed by atoms with E-state index >= 15 is 0 Å². The fourth-order valence-electron chi connectivity index (χ4n) is 3.18. The normalized spacial score (nSPS) is 21.5. The number of rotatable bonds is 4. The average molecular weight is 337 g/mol. The lowest BCUT2D eigenvalue weighted by Gasteiger charge is -2.26. The summed E-state index contributed by atoms with van der Waals surface area (Å²) in [4.78, 5) is 14.2. The van der Waals surface area contributed by atoms with Crippen molar-refractivity contribution >= 4 is 17.5 Å². The van der Waals surface area contributed by atoms with E-state index in [1.807, 2.05) is 13.1 Å². The molecule has 0 saturated carbocycles. The summed E-state index contributed by atoms with van der Waals surface area (Å²) in [5.41, 5.74) is 0.879. The smallest absolute Gasteiger partial charge is 0.286 e. The van der Waals surface area contributed by atoms with Crippen molar-refractivity contribution in [1.29, 1.82) is 0 Å². The summed E-state index contributed by atoms with van der Waals surface area (Å²) in [5, 5.41) is 3.02. The Morgan fingerprint density at radius 3 is 3.00 bits per heavy atom. The summed E-state index contributed by atoms with van der Waals surface area (Å²) in [6, 6.07) is 8.27. The number of benzene rings is 1. The fourth-order valence-corrected chi connectivity index (χ4v) is 3.30. The van der Waals surface area contributed by atoms with Crippen molar-refractivity contribution in [2.45, 2.75) is 12.5 Å². The van der Waals surface area contributed by atoms with Gasteiger partial charge in [0.1, 0.15) is 5.82 Å². The maximum absolute atomic E-state index is 13.8. The molecule has 0 bridgehead atoms. The number of halogens is 2. The molecule has 1 fully saturated rings. The van der Waals surface area contributed by atoms with Gasteiger partial charge in [0, 0.05) is 12.6 Å². The molecule has 2 atom stereocenters. The average Bonchev–Trinajstić information content (AvgIpc) is 3.18. The summed E-state index contributed by atoms with van der Waals surface area (Å²) in [5.74, 6) is -0.140. The Bertz CT molecular complexity index is 690. The molecule has 1 saturated heterocycles. The number of likely N-dealkylation sites (tertiary alicyclic amines) is 1. The van der Waals surface area contributed by atoms with E-state index in [0.29, 0.717) is 12.3 Å².